The molecule has 1 aliphatic heterocycles. The number of rotatable bonds is 4. The SMILES string of the molecule is COC(=O)[C@@]1(C#N)[C@H](c2ccccc2)N(C)[C@H](c2ccccc2)[C@@]1(C#N)C(=O)OC. The molecule has 1 fully saturated rings. The molecule has 0 N–H and O–H groups in total. The van der Waals surface area contributed by atoms with Crippen molar-refractivity contribution in [1.29, 1.82) is 10.5 Å². The van der Waals surface area contributed by atoms with Gasteiger partial charge in [-0.15, -0.1) is 0 Å². The first-order valence-electron chi connectivity index (χ1n) is 9.27. The van der Waals surface area contributed by atoms with E-state index in [1.807, 2.05) is 12.1 Å². The highest BCUT2D eigenvalue weighted by molar-refractivity contribution is 5.96. The van der Waals surface area contributed by atoms with Crippen molar-refractivity contribution in [3.8, 4) is 12.1 Å². The Balaban J connectivity index is 2.47. The second kappa shape index (κ2) is 7.98. The molecule has 1 heterocycles. The lowest BCUT2D eigenvalue weighted by atomic mass is 9.59. The number of methoxy groups -OCH3 is 2. The minimum absolute atomic E-state index is 0.605. The van der Waals surface area contributed by atoms with Crippen molar-refractivity contribution in [3.63, 3.8) is 0 Å². The van der Waals surface area contributed by atoms with Gasteiger partial charge in [-0.25, -0.2) is 0 Å². The van der Waals surface area contributed by atoms with Crippen LogP contribution in [0.25, 0.3) is 0 Å². The maximum Gasteiger partial charge on any atom is 0.330 e. The van der Waals surface area contributed by atoms with Gasteiger partial charge in [-0.3, -0.25) is 14.5 Å². The highest BCUT2D eigenvalue weighted by Crippen LogP contribution is 2.66. The maximum atomic E-state index is 13.2. The Kier molecular flexibility index (Phi) is 5.60. The predicted molar refractivity (Wildman–Crippen MR) is 106 cm³/mol. The number of hydrogen-bond acceptors (Lipinski definition) is 7. The monoisotopic (exact) mass is 403 g/mol. The van der Waals surface area contributed by atoms with Crippen molar-refractivity contribution in [2.75, 3.05) is 21.3 Å². The van der Waals surface area contributed by atoms with E-state index in [4.69, 9.17) is 9.47 Å². The van der Waals surface area contributed by atoms with Gasteiger partial charge in [0.25, 0.3) is 0 Å². The van der Waals surface area contributed by atoms with Gasteiger partial charge >= 0.3 is 11.9 Å². The summed E-state index contributed by atoms with van der Waals surface area (Å²) in [6, 6.07) is 19.9. The number of esters is 2. The number of nitrogens with zero attached hydrogens (tertiary/aromatic N) is 3. The lowest BCUT2D eigenvalue weighted by molar-refractivity contribution is -0.167. The Morgan fingerprint density at radius 1 is 0.800 bits per heavy atom. The van der Waals surface area contributed by atoms with Gasteiger partial charge < -0.3 is 9.47 Å². The highest BCUT2D eigenvalue weighted by atomic mass is 16.5. The number of ether oxygens (including phenoxy) is 2. The van der Waals surface area contributed by atoms with E-state index in [-0.39, 0.29) is 0 Å². The first-order valence-corrected chi connectivity index (χ1v) is 9.27. The second-order valence-electron chi connectivity index (χ2n) is 7.11. The molecular formula is C23H21N3O4. The van der Waals surface area contributed by atoms with E-state index in [9.17, 15) is 20.1 Å². The van der Waals surface area contributed by atoms with Crippen LogP contribution in [0.15, 0.2) is 60.7 Å². The van der Waals surface area contributed by atoms with Crippen LogP contribution in [0.4, 0.5) is 0 Å². The molecule has 0 unspecified atom stereocenters. The molecule has 0 bridgehead atoms. The summed E-state index contributed by atoms with van der Waals surface area (Å²) in [5.74, 6) is -1.92. The standard InChI is InChI=1S/C23H21N3O4/c1-26-18(16-10-6-4-7-11-16)22(14-24,20(27)29-2)23(15-25,21(28)30-3)19(26)17-12-8-5-9-13-17/h4-13,18-19H,1-3H3/t18-,19+,22+,23-. The lowest BCUT2D eigenvalue weighted by Gasteiger charge is -2.35. The average molecular weight is 403 g/mol. The Bertz CT molecular complexity index is 944. The maximum absolute atomic E-state index is 13.2. The smallest absolute Gasteiger partial charge is 0.330 e. The third kappa shape index (κ3) is 2.60. The molecule has 0 aromatic heterocycles. The summed E-state index contributed by atoms with van der Waals surface area (Å²) < 4.78 is 10.0. The summed E-state index contributed by atoms with van der Waals surface area (Å²) in [6.45, 7) is 0. The average Bonchev–Trinajstić information content (AvgIpc) is 3.04. The van der Waals surface area contributed by atoms with Crippen molar-refractivity contribution < 1.29 is 19.1 Å². The van der Waals surface area contributed by atoms with Gasteiger partial charge in [0.2, 0.25) is 10.8 Å². The van der Waals surface area contributed by atoms with E-state index in [1.165, 1.54) is 0 Å². The molecule has 0 saturated carbocycles. The molecule has 152 valence electrons. The van der Waals surface area contributed by atoms with Gasteiger partial charge in [0.1, 0.15) is 0 Å². The number of benzene rings is 2. The molecule has 1 saturated heterocycles. The number of likely N-dealkylation sites (tertiary alicyclic amines) is 1. The van der Waals surface area contributed by atoms with Crippen LogP contribution >= 0.6 is 0 Å². The van der Waals surface area contributed by atoms with Crippen LogP contribution in [0.3, 0.4) is 0 Å². The van der Waals surface area contributed by atoms with Crippen LogP contribution in [0.2, 0.25) is 0 Å². The number of nitriles is 2. The first-order chi connectivity index (χ1) is 14.5. The Morgan fingerprint density at radius 3 is 1.40 bits per heavy atom. The molecule has 0 radical (unpaired) electrons. The number of carbonyl (C=O) groups is 2. The Hall–Kier alpha value is -3.68. The fourth-order valence-corrected chi connectivity index (χ4v) is 4.69. The van der Waals surface area contributed by atoms with E-state index < -0.39 is 34.9 Å². The van der Waals surface area contributed by atoms with Crippen LogP contribution in [0.1, 0.15) is 23.2 Å². The van der Waals surface area contributed by atoms with E-state index >= 15 is 0 Å². The zero-order valence-electron chi connectivity index (χ0n) is 16.9. The Morgan fingerprint density at radius 2 is 1.13 bits per heavy atom. The van der Waals surface area contributed by atoms with E-state index in [0.717, 1.165) is 14.2 Å². The van der Waals surface area contributed by atoms with Crippen molar-refractivity contribution in [2.45, 2.75) is 12.1 Å². The van der Waals surface area contributed by atoms with Crippen molar-refractivity contribution in [1.82, 2.24) is 4.90 Å². The van der Waals surface area contributed by atoms with Crippen molar-refractivity contribution in [2.24, 2.45) is 10.8 Å². The quantitative estimate of drug-likeness (QED) is 0.723. The van der Waals surface area contributed by atoms with Gasteiger partial charge in [0.05, 0.1) is 38.4 Å². The van der Waals surface area contributed by atoms with Crippen molar-refractivity contribution in [3.05, 3.63) is 71.8 Å². The molecule has 30 heavy (non-hydrogen) atoms. The third-order valence-corrected chi connectivity index (χ3v) is 5.85. The molecule has 0 spiro atoms. The minimum atomic E-state index is -2.17. The third-order valence-electron chi connectivity index (χ3n) is 5.85. The largest absolute Gasteiger partial charge is 0.468 e. The summed E-state index contributed by atoms with van der Waals surface area (Å²) in [7, 11) is 3.96. The van der Waals surface area contributed by atoms with Gasteiger partial charge in [-0.05, 0) is 18.2 Å². The van der Waals surface area contributed by atoms with Gasteiger partial charge in [0, 0.05) is 0 Å². The molecule has 2 aromatic rings. The van der Waals surface area contributed by atoms with Crippen LogP contribution < -0.4 is 0 Å². The minimum Gasteiger partial charge on any atom is -0.468 e. The van der Waals surface area contributed by atoms with E-state index in [0.29, 0.717) is 11.1 Å². The first kappa shape index (κ1) is 21.0. The van der Waals surface area contributed by atoms with E-state index in [2.05, 4.69) is 0 Å². The van der Waals surface area contributed by atoms with Crippen molar-refractivity contribution >= 4 is 11.9 Å². The molecule has 4 atom stereocenters. The molecule has 0 amide bonds. The molecule has 1 aliphatic rings. The molecule has 2 aromatic carbocycles. The zero-order chi connectivity index (χ0) is 21.9. The topological polar surface area (TPSA) is 103 Å². The molecule has 7 heteroatoms. The molecule has 3 rings (SSSR count). The number of carbonyl (C=O) groups excluding carboxylic acids is 2. The summed E-state index contributed by atoms with van der Waals surface area (Å²) in [6.07, 6.45) is 0. The van der Waals surface area contributed by atoms with Crippen LogP contribution in [0.5, 0.6) is 0 Å². The predicted octanol–water partition coefficient (Wildman–Crippen LogP) is 2.78. The fraction of sp³-hybridized carbons (Fsp3) is 0.304. The van der Waals surface area contributed by atoms with Crippen LogP contribution in [-0.2, 0) is 19.1 Å². The van der Waals surface area contributed by atoms with E-state index in [1.54, 1.807) is 72.6 Å². The Labute approximate surface area is 175 Å². The highest BCUT2D eigenvalue weighted by Gasteiger charge is 2.78. The fourth-order valence-electron chi connectivity index (χ4n) is 4.69. The normalized spacial score (nSPS) is 28.2. The summed E-state index contributed by atoms with van der Waals surface area (Å²) in [5, 5.41) is 20.8. The van der Waals surface area contributed by atoms with Gasteiger partial charge in [-0.1, -0.05) is 60.7 Å². The molecular weight excluding hydrogens is 382 g/mol. The van der Waals surface area contributed by atoms with Crippen LogP contribution in [-0.4, -0.2) is 38.1 Å². The van der Waals surface area contributed by atoms with Gasteiger partial charge in [-0.2, -0.15) is 10.5 Å². The number of hydrogen-bond donors (Lipinski definition) is 0. The molecule has 7 nitrogen and oxygen atoms in total. The van der Waals surface area contributed by atoms with Crippen LogP contribution in [0, 0.1) is 33.5 Å². The zero-order valence-corrected chi connectivity index (χ0v) is 16.9. The molecule has 0 aliphatic carbocycles. The summed E-state index contributed by atoms with van der Waals surface area (Å²) >= 11 is 0. The summed E-state index contributed by atoms with van der Waals surface area (Å²) in [5.41, 5.74) is -3.12. The van der Waals surface area contributed by atoms with Gasteiger partial charge in [0.15, 0.2) is 0 Å². The second-order valence-corrected chi connectivity index (χ2v) is 7.11. The summed E-state index contributed by atoms with van der Waals surface area (Å²) in [4.78, 5) is 28.2. The lowest BCUT2D eigenvalue weighted by Crippen LogP contribution is -2.52.